The molecule has 0 aliphatic rings. The van der Waals surface area contributed by atoms with Gasteiger partial charge in [-0.05, 0) is 18.6 Å². The molecular weight excluding hydrogens is 158 g/mol. The van der Waals surface area contributed by atoms with Crippen LogP contribution in [0.2, 0.25) is 0 Å². The van der Waals surface area contributed by atoms with Gasteiger partial charge in [0.05, 0.1) is 6.20 Å². The van der Waals surface area contributed by atoms with Crippen LogP contribution >= 0.6 is 0 Å². The van der Waals surface area contributed by atoms with Crippen molar-refractivity contribution in [3.63, 3.8) is 0 Å². The molecule has 0 atom stereocenters. The van der Waals surface area contributed by atoms with Gasteiger partial charge in [0, 0.05) is 11.8 Å². The number of benzene rings is 1. The minimum absolute atomic E-state index is 1.05. The van der Waals surface area contributed by atoms with E-state index in [1.165, 1.54) is 11.1 Å². The van der Waals surface area contributed by atoms with E-state index in [-0.39, 0.29) is 0 Å². The summed E-state index contributed by atoms with van der Waals surface area (Å²) >= 11 is 0. The van der Waals surface area contributed by atoms with Gasteiger partial charge in [-0.3, -0.25) is 4.98 Å². The SMILES string of the molecule is Cc1cccc(-c2[c]nccc2)c1. The molecule has 0 N–H and O–H groups in total. The maximum atomic E-state index is 3.97. The Morgan fingerprint density at radius 3 is 2.77 bits per heavy atom. The summed E-state index contributed by atoms with van der Waals surface area (Å²) < 4.78 is 0. The molecule has 1 aromatic heterocycles. The van der Waals surface area contributed by atoms with Gasteiger partial charge in [-0.1, -0.05) is 35.9 Å². The molecular formula is C12H10N. The second-order valence-electron chi connectivity index (χ2n) is 3.03. The van der Waals surface area contributed by atoms with E-state index in [1.54, 1.807) is 6.20 Å². The van der Waals surface area contributed by atoms with Gasteiger partial charge in [0.25, 0.3) is 0 Å². The fourth-order valence-corrected chi connectivity index (χ4v) is 1.30. The minimum Gasteiger partial charge on any atom is -0.254 e. The van der Waals surface area contributed by atoms with E-state index in [4.69, 9.17) is 0 Å². The van der Waals surface area contributed by atoms with Gasteiger partial charge < -0.3 is 0 Å². The Hall–Kier alpha value is -1.63. The summed E-state index contributed by atoms with van der Waals surface area (Å²) in [4.78, 5) is 3.97. The number of nitrogens with zero attached hydrogens (tertiary/aromatic N) is 1. The fraction of sp³-hybridized carbons (Fsp3) is 0.0833. The normalized spacial score (nSPS) is 9.92. The predicted molar refractivity (Wildman–Crippen MR) is 53.2 cm³/mol. The van der Waals surface area contributed by atoms with E-state index >= 15 is 0 Å². The molecule has 1 heterocycles. The standard InChI is InChI=1S/C12H10N/c1-10-4-2-5-11(8-10)12-6-3-7-13-9-12/h2-8H,1H3. The van der Waals surface area contributed by atoms with Crippen LogP contribution in [0.5, 0.6) is 0 Å². The quantitative estimate of drug-likeness (QED) is 0.638. The average Bonchev–Trinajstić information content (AvgIpc) is 2.19. The van der Waals surface area contributed by atoms with Crippen molar-refractivity contribution in [2.45, 2.75) is 6.92 Å². The molecule has 2 rings (SSSR count). The van der Waals surface area contributed by atoms with Crippen molar-refractivity contribution in [3.8, 4) is 11.1 Å². The van der Waals surface area contributed by atoms with Crippen molar-refractivity contribution in [2.75, 3.05) is 0 Å². The zero-order valence-corrected chi connectivity index (χ0v) is 7.49. The van der Waals surface area contributed by atoms with Crippen LogP contribution in [0.15, 0.2) is 42.6 Å². The van der Waals surface area contributed by atoms with Gasteiger partial charge in [-0.25, -0.2) is 0 Å². The second kappa shape index (κ2) is 3.40. The molecule has 0 unspecified atom stereocenters. The third-order valence-corrected chi connectivity index (χ3v) is 1.94. The molecule has 0 saturated carbocycles. The Bertz CT molecular complexity index is 393. The first kappa shape index (κ1) is 7.99. The van der Waals surface area contributed by atoms with E-state index in [1.807, 2.05) is 18.2 Å². The third-order valence-electron chi connectivity index (χ3n) is 1.94. The zero-order chi connectivity index (χ0) is 9.10. The highest BCUT2D eigenvalue weighted by Gasteiger charge is 1.96. The third kappa shape index (κ3) is 1.75. The first-order chi connectivity index (χ1) is 6.36. The molecule has 1 aromatic carbocycles. The van der Waals surface area contributed by atoms with Crippen LogP contribution in [0.1, 0.15) is 5.56 Å². The lowest BCUT2D eigenvalue weighted by Gasteiger charge is -2.00. The van der Waals surface area contributed by atoms with Crippen molar-refractivity contribution < 1.29 is 0 Å². The molecule has 0 bridgehead atoms. The average molecular weight is 168 g/mol. The van der Waals surface area contributed by atoms with Crippen molar-refractivity contribution in [1.82, 2.24) is 4.98 Å². The number of hydrogen-bond donors (Lipinski definition) is 0. The molecule has 0 aliphatic heterocycles. The van der Waals surface area contributed by atoms with Gasteiger partial charge >= 0.3 is 0 Å². The molecule has 2 aromatic rings. The number of hydrogen-bond acceptors (Lipinski definition) is 1. The number of rotatable bonds is 1. The Morgan fingerprint density at radius 1 is 1.15 bits per heavy atom. The fourth-order valence-electron chi connectivity index (χ4n) is 1.30. The molecule has 0 amide bonds. The van der Waals surface area contributed by atoms with Crippen molar-refractivity contribution in [2.24, 2.45) is 0 Å². The zero-order valence-electron chi connectivity index (χ0n) is 7.49. The van der Waals surface area contributed by atoms with E-state index in [0.717, 1.165) is 5.56 Å². The summed E-state index contributed by atoms with van der Waals surface area (Å²) in [6, 6.07) is 12.3. The highest BCUT2D eigenvalue weighted by Crippen LogP contribution is 2.17. The topological polar surface area (TPSA) is 12.9 Å². The minimum atomic E-state index is 1.05. The predicted octanol–water partition coefficient (Wildman–Crippen LogP) is 2.86. The first-order valence-electron chi connectivity index (χ1n) is 4.26. The molecule has 1 nitrogen and oxygen atoms in total. The molecule has 0 aliphatic carbocycles. The molecule has 0 spiro atoms. The van der Waals surface area contributed by atoms with Gasteiger partial charge in [-0.15, -0.1) is 0 Å². The van der Waals surface area contributed by atoms with Crippen LogP contribution in [-0.2, 0) is 0 Å². The maximum absolute atomic E-state index is 3.97. The van der Waals surface area contributed by atoms with Gasteiger partial charge in [0.15, 0.2) is 0 Å². The highest BCUT2D eigenvalue weighted by molar-refractivity contribution is 5.62. The van der Waals surface area contributed by atoms with Crippen LogP contribution in [0.25, 0.3) is 11.1 Å². The molecule has 0 saturated heterocycles. The van der Waals surface area contributed by atoms with Gasteiger partial charge in [0.2, 0.25) is 0 Å². The largest absolute Gasteiger partial charge is 0.254 e. The lowest BCUT2D eigenvalue weighted by Crippen LogP contribution is -1.80. The Kier molecular flexibility index (Phi) is 2.09. The second-order valence-corrected chi connectivity index (χ2v) is 3.03. The molecule has 63 valence electrons. The summed E-state index contributed by atoms with van der Waals surface area (Å²) in [7, 11) is 0. The van der Waals surface area contributed by atoms with E-state index < -0.39 is 0 Å². The smallest absolute Gasteiger partial charge is 0.0970 e. The van der Waals surface area contributed by atoms with Crippen LogP contribution in [-0.4, -0.2) is 4.98 Å². The molecule has 1 heteroatoms. The van der Waals surface area contributed by atoms with Crippen LogP contribution < -0.4 is 0 Å². The summed E-state index contributed by atoms with van der Waals surface area (Å²) in [6.07, 6.45) is 4.70. The van der Waals surface area contributed by atoms with Crippen molar-refractivity contribution >= 4 is 0 Å². The maximum Gasteiger partial charge on any atom is 0.0970 e. The first-order valence-corrected chi connectivity index (χ1v) is 4.26. The number of pyridine rings is 1. The van der Waals surface area contributed by atoms with E-state index in [9.17, 15) is 0 Å². The van der Waals surface area contributed by atoms with Crippen LogP contribution in [0, 0.1) is 13.1 Å². The number of aryl methyl sites for hydroxylation is 1. The summed E-state index contributed by atoms with van der Waals surface area (Å²) in [5.74, 6) is 0. The lowest BCUT2D eigenvalue weighted by molar-refractivity contribution is 1.31. The van der Waals surface area contributed by atoms with E-state index in [0.29, 0.717) is 0 Å². The highest BCUT2D eigenvalue weighted by atomic mass is 14.6. The lowest BCUT2D eigenvalue weighted by atomic mass is 10.1. The van der Waals surface area contributed by atoms with Gasteiger partial charge in [-0.2, -0.15) is 0 Å². The molecule has 0 fully saturated rings. The molecule has 1 radical (unpaired) electrons. The van der Waals surface area contributed by atoms with Crippen LogP contribution in [0.3, 0.4) is 0 Å². The number of aromatic nitrogens is 1. The Morgan fingerprint density at radius 2 is 2.08 bits per heavy atom. The van der Waals surface area contributed by atoms with E-state index in [2.05, 4.69) is 36.3 Å². The Labute approximate surface area is 78.1 Å². The summed E-state index contributed by atoms with van der Waals surface area (Å²) in [6.45, 7) is 2.08. The summed E-state index contributed by atoms with van der Waals surface area (Å²) in [5.41, 5.74) is 3.48. The summed E-state index contributed by atoms with van der Waals surface area (Å²) in [5, 5.41) is 0. The monoisotopic (exact) mass is 168 g/mol. The Balaban J connectivity index is 2.48. The van der Waals surface area contributed by atoms with Crippen LogP contribution in [0.4, 0.5) is 0 Å². The molecule has 13 heavy (non-hydrogen) atoms. The van der Waals surface area contributed by atoms with Crippen molar-refractivity contribution in [1.29, 1.82) is 0 Å². The van der Waals surface area contributed by atoms with Crippen molar-refractivity contribution in [3.05, 3.63) is 54.4 Å². The van der Waals surface area contributed by atoms with Gasteiger partial charge in [0.1, 0.15) is 0 Å².